The number of hydrogen-bond acceptors (Lipinski definition) is 7. The van der Waals surface area contributed by atoms with Crippen molar-refractivity contribution in [3.05, 3.63) is 53.7 Å². The van der Waals surface area contributed by atoms with E-state index in [0.29, 0.717) is 11.4 Å². The lowest BCUT2D eigenvalue weighted by atomic mass is 10.2. The molecule has 0 radical (unpaired) electrons. The minimum absolute atomic E-state index is 0.0202. The number of sulfonamides is 1. The number of hydrogen-bond donors (Lipinski definition) is 3. The van der Waals surface area contributed by atoms with Crippen LogP contribution in [0.4, 0.5) is 5.69 Å². The first-order chi connectivity index (χ1) is 17.8. The summed E-state index contributed by atoms with van der Waals surface area (Å²) < 4.78 is 41.7. The Labute approximate surface area is 221 Å². The predicted molar refractivity (Wildman–Crippen MR) is 142 cm³/mol. The van der Waals surface area contributed by atoms with Crippen LogP contribution in [-0.4, -0.2) is 48.8 Å². The summed E-state index contributed by atoms with van der Waals surface area (Å²) in [7, 11) is -2.56. The molecule has 3 rings (SSSR count). The maximum absolute atomic E-state index is 13.3. The van der Waals surface area contributed by atoms with Gasteiger partial charge in [0.05, 0.1) is 12.8 Å². The number of nitrogens with zero attached hydrogens (tertiary/aromatic N) is 2. The number of amides is 1. The van der Waals surface area contributed by atoms with Gasteiger partial charge in [0, 0.05) is 23.7 Å². The van der Waals surface area contributed by atoms with Crippen LogP contribution in [0.3, 0.4) is 0 Å². The summed E-state index contributed by atoms with van der Waals surface area (Å²) in [6.07, 6.45) is 0. The fourth-order valence-electron chi connectivity index (χ4n) is 3.33. The molecular formula is C26H32N4O7S. The van der Waals surface area contributed by atoms with Crippen molar-refractivity contribution in [3.8, 4) is 23.1 Å². The maximum Gasteiger partial charge on any atom is 0.356 e. The highest BCUT2D eigenvalue weighted by Gasteiger charge is 2.26. The first-order valence-corrected chi connectivity index (χ1v) is 13.4. The predicted octanol–water partition coefficient (Wildman–Crippen LogP) is 4.21. The van der Waals surface area contributed by atoms with E-state index in [1.807, 2.05) is 13.8 Å². The average Bonchev–Trinajstić information content (AvgIpc) is 3.19. The largest absolute Gasteiger partial charge is 0.497 e. The SMILES string of the molecule is COc1ccc(-n2nc(C(=O)O)c(C)c2Oc2ccc(NC(=O)C(C)C)cc2S(=O)(=O)NCC(C)C)cc1. The van der Waals surface area contributed by atoms with E-state index < -0.39 is 16.0 Å². The lowest BCUT2D eigenvalue weighted by Crippen LogP contribution is -2.28. The van der Waals surface area contributed by atoms with E-state index in [9.17, 15) is 23.1 Å². The number of carboxylic acids is 1. The van der Waals surface area contributed by atoms with Gasteiger partial charge in [-0.3, -0.25) is 4.79 Å². The third-order valence-electron chi connectivity index (χ3n) is 5.50. The van der Waals surface area contributed by atoms with Gasteiger partial charge in [0.2, 0.25) is 21.8 Å². The molecule has 2 aromatic carbocycles. The van der Waals surface area contributed by atoms with Gasteiger partial charge in [-0.05, 0) is 55.3 Å². The Kier molecular flexibility index (Phi) is 8.79. The molecule has 0 fully saturated rings. The standard InChI is InChI=1S/C26H32N4O7S/c1-15(2)14-27-38(34,35)22-13-18(28-24(31)16(3)4)7-12-21(22)37-25-17(5)23(26(32)33)29-30(25)19-8-10-20(36-6)11-9-19/h7-13,15-16,27H,14H2,1-6H3,(H,28,31)(H,32,33). The average molecular weight is 545 g/mol. The van der Waals surface area contributed by atoms with Crippen molar-refractivity contribution in [2.45, 2.75) is 39.5 Å². The third-order valence-corrected chi connectivity index (χ3v) is 6.95. The van der Waals surface area contributed by atoms with Crippen molar-refractivity contribution in [2.75, 3.05) is 19.0 Å². The van der Waals surface area contributed by atoms with Gasteiger partial charge in [0.1, 0.15) is 16.4 Å². The van der Waals surface area contributed by atoms with Crippen molar-refractivity contribution in [1.29, 1.82) is 0 Å². The van der Waals surface area contributed by atoms with Gasteiger partial charge in [-0.2, -0.15) is 9.78 Å². The van der Waals surface area contributed by atoms with Crippen LogP contribution in [0.2, 0.25) is 0 Å². The molecule has 0 atom stereocenters. The van der Waals surface area contributed by atoms with Crippen LogP contribution < -0.4 is 19.5 Å². The van der Waals surface area contributed by atoms with Gasteiger partial charge in [0.15, 0.2) is 5.69 Å². The molecule has 3 N–H and O–H groups in total. The number of methoxy groups -OCH3 is 1. The van der Waals surface area contributed by atoms with Crippen LogP contribution in [0.1, 0.15) is 43.7 Å². The first kappa shape index (κ1) is 28.7. The summed E-state index contributed by atoms with van der Waals surface area (Å²) in [5.41, 5.74) is 0.690. The van der Waals surface area contributed by atoms with Gasteiger partial charge in [-0.15, -0.1) is 0 Å². The number of aromatic nitrogens is 2. The molecule has 3 aromatic rings. The Balaban J connectivity index is 2.15. The Bertz CT molecular complexity index is 1430. The molecular weight excluding hydrogens is 512 g/mol. The van der Waals surface area contributed by atoms with Crippen LogP contribution >= 0.6 is 0 Å². The minimum Gasteiger partial charge on any atom is -0.497 e. The van der Waals surface area contributed by atoms with Gasteiger partial charge < -0.3 is 19.9 Å². The highest BCUT2D eigenvalue weighted by atomic mass is 32.2. The van der Waals surface area contributed by atoms with Gasteiger partial charge in [0.25, 0.3) is 0 Å². The van der Waals surface area contributed by atoms with Crippen LogP contribution in [-0.2, 0) is 14.8 Å². The fraction of sp³-hybridized carbons (Fsp3) is 0.346. The van der Waals surface area contributed by atoms with Crippen molar-refractivity contribution >= 4 is 27.6 Å². The summed E-state index contributed by atoms with van der Waals surface area (Å²) in [6.45, 7) is 8.87. The summed E-state index contributed by atoms with van der Waals surface area (Å²) in [6, 6.07) is 10.9. The molecule has 204 valence electrons. The number of carboxylic acid groups (broad SMARTS) is 1. The monoisotopic (exact) mass is 544 g/mol. The van der Waals surface area contributed by atoms with E-state index in [1.165, 1.54) is 36.9 Å². The molecule has 0 unspecified atom stereocenters. The number of aromatic carboxylic acids is 1. The van der Waals surface area contributed by atoms with Gasteiger partial charge in [-0.1, -0.05) is 27.7 Å². The summed E-state index contributed by atoms with van der Waals surface area (Å²) in [4.78, 5) is 23.9. The van der Waals surface area contributed by atoms with Crippen molar-refractivity contribution in [1.82, 2.24) is 14.5 Å². The number of anilines is 1. The molecule has 11 nitrogen and oxygen atoms in total. The van der Waals surface area contributed by atoms with E-state index in [2.05, 4.69) is 15.1 Å². The van der Waals surface area contributed by atoms with Crippen LogP contribution in [0.15, 0.2) is 47.4 Å². The molecule has 12 heteroatoms. The summed E-state index contributed by atoms with van der Waals surface area (Å²) in [5, 5.41) is 16.6. The van der Waals surface area contributed by atoms with E-state index in [-0.39, 0.29) is 57.8 Å². The first-order valence-electron chi connectivity index (χ1n) is 11.9. The zero-order chi connectivity index (χ0) is 28.2. The normalized spacial score (nSPS) is 11.6. The smallest absolute Gasteiger partial charge is 0.356 e. The van der Waals surface area contributed by atoms with E-state index >= 15 is 0 Å². The lowest BCUT2D eigenvalue weighted by molar-refractivity contribution is -0.118. The number of carbonyl (C=O) groups is 2. The van der Waals surface area contributed by atoms with Gasteiger partial charge in [-0.25, -0.2) is 17.9 Å². The summed E-state index contributed by atoms with van der Waals surface area (Å²) in [5.74, 6) is -1.29. The lowest BCUT2D eigenvalue weighted by Gasteiger charge is -2.17. The zero-order valence-corrected chi connectivity index (χ0v) is 22.9. The quantitative estimate of drug-likeness (QED) is 0.325. The van der Waals surface area contributed by atoms with Gasteiger partial charge >= 0.3 is 5.97 Å². The molecule has 0 saturated heterocycles. The molecule has 0 bridgehead atoms. The Morgan fingerprint density at radius 1 is 1.08 bits per heavy atom. The number of nitrogens with one attached hydrogen (secondary N) is 2. The van der Waals surface area contributed by atoms with E-state index in [4.69, 9.17) is 9.47 Å². The second kappa shape index (κ2) is 11.7. The van der Waals surface area contributed by atoms with Crippen LogP contribution in [0, 0.1) is 18.8 Å². The minimum atomic E-state index is -4.08. The van der Waals surface area contributed by atoms with Crippen LogP contribution in [0.5, 0.6) is 17.4 Å². The van der Waals surface area contributed by atoms with Crippen LogP contribution in [0.25, 0.3) is 5.69 Å². The van der Waals surface area contributed by atoms with E-state index in [0.717, 1.165) is 0 Å². The number of benzene rings is 2. The molecule has 1 aromatic heterocycles. The molecule has 0 aliphatic carbocycles. The molecule has 1 heterocycles. The summed E-state index contributed by atoms with van der Waals surface area (Å²) >= 11 is 0. The molecule has 0 spiro atoms. The Hall–Kier alpha value is -3.90. The Morgan fingerprint density at radius 2 is 1.74 bits per heavy atom. The number of rotatable bonds is 11. The molecule has 0 saturated carbocycles. The molecule has 0 aliphatic heterocycles. The fourth-order valence-corrected chi connectivity index (χ4v) is 4.69. The second-order valence-electron chi connectivity index (χ2n) is 9.35. The maximum atomic E-state index is 13.3. The van der Waals surface area contributed by atoms with Crippen molar-refractivity contribution < 1.29 is 32.6 Å². The van der Waals surface area contributed by atoms with E-state index in [1.54, 1.807) is 38.1 Å². The zero-order valence-electron chi connectivity index (χ0n) is 22.1. The third kappa shape index (κ3) is 6.50. The molecule has 1 amide bonds. The second-order valence-corrected chi connectivity index (χ2v) is 11.1. The molecule has 0 aliphatic rings. The number of carbonyl (C=O) groups excluding carboxylic acids is 1. The Morgan fingerprint density at radius 3 is 2.29 bits per heavy atom. The van der Waals surface area contributed by atoms with Crippen molar-refractivity contribution in [3.63, 3.8) is 0 Å². The number of ether oxygens (including phenoxy) is 2. The van der Waals surface area contributed by atoms with Crippen molar-refractivity contribution in [2.24, 2.45) is 11.8 Å². The topological polar surface area (TPSA) is 149 Å². The highest BCUT2D eigenvalue weighted by Crippen LogP contribution is 2.35. The highest BCUT2D eigenvalue weighted by molar-refractivity contribution is 7.89. The molecule has 38 heavy (non-hydrogen) atoms.